The molecule has 0 spiro atoms. The number of benzene rings is 3. The van der Waals surface area contributed by atoms with Crippen LogP contribution in [0.5, 0.6) is 11.5 Å². The first-order valence-electron chi connectivity index (χ1n) is 15.7. The van der Waals surface area contributed by atoms with Crippen LogP contribution in [0, 0.1) is 5.92 Å². The molecule has 6 rings (SSSR count). The van der Waals surface area contributed by atoms with Crippen molar-refractivity contribution >= 4 is 27.7 Å². The van der Waals surface area contributed by atoms with Gasteiger partial charge in [0.2, 0.25) is 10.0 Å². The van der Waals surface area contributed by atoms with Crippen LogP contribution in [0.1, 0.15) is 60.6 Å². The van der Waals surface area contributed by atoms with E-state index in [0.29, 0.717) is 45.1 Å². The number of hydrogen-bond donors (Lipinski definition) is 0. The minimum absolute atomic E-state index is 0.0237. The van der Waals surface area contributed by atoms with E-state index < -0.39 is 10.0 Å². The maximum absolute atomic E-state index is 14.2. The summed E-state index contributed by atoms with van der Waals surface area (Å²) in [6.45, 7) is 6.46. The number of ether oxygens (including phenoxy) is 3. The van der Waals surface area contributed by atoms with Crippen molar-refractivity contribution in [1.82, 2.24) is 9.31 Å². The minimum Gasteiger partial charge on any atom is -0.494 e. The van der Waals surface area contributed by atoms with E-state index in [-0.39, 0.29) is 22.8 Å². The highest BCUT2D eigenvalue weighted by Gasteiger charge is 2.44. The van der Waals surface area contributed by atoms with Gasteiger partial charge in [-0.05, 0) is 104 Å². The predicted molar refractivity (Wildman–Crippen MR) is 173 cm³/mol. The van der Waals surface area contributed by atoms with Gasteiger partial charge in [-0.3, -0.25) is 4.79 Å². The monoisotopic (exact) mass is 629 g/mol. The van der Waals surface area contributed by atoms with Crippen LogP contribution < -0.4 is 9.47 Å². The van der Waals surface area contributed by atoms with Gasteiger partial charge in [0.05, 0.1) is 43.1 Å². The van der Waals surface area contributed by atoms with Crippen molar-refractivity contribution in [2.24, 2.45) is 11.0 Å². The highest BCUT2D eigenvalue weighted by molar-refractivity contribution is 7.89. The van der Waals surface area contributed by atoms with Gasteiger partial charge < -0.3 is 14.2 Å². The average Bonchev–Trinajstić information content (AvgIpc) is 3.47. The van der Waals surface area contributed by atoms with Gasteiger partial charge in [-0.25, -0.2) is 13.4 Å². The zero-order valence-corrected chi connectivity index (χ0v) is 26.5. The molecule has 45 heavy (non-hydrogen) atoms. The van der Waals surface area contributed by atoms with Crippen LogP contribution in [0.3, 0.4) is 0 Å². The standard InChI is InChI=1S/C35H39N3O6S/c1-3-43-29-14-8-25(9-15-29)24-28-6-5-7-32-33(28)36-38(34(32)26-10-16-30(17-11-26)44-4-2)35(39)27-12-18-31(19-13-27)45(40,41)37-20-22-42-23-21-37/h8-19,24,32,34H,3-7,20-23H2,1-2H3/b28-24-. The normalized spacial score (nSPS) is 21.3. The van der Waals surface area contributed by atoms with Crippen molar-refractivity contribution in [3.8, 4) is 11.5 Å². The Morgan fingerprint density at radius 1 is 0.911 bits per heavy atom. The molecule has 3 aromatic rings. The topological polar surface area (TPSA) is 97.7 Å². The summed E-state index contributed by atoms with van der Waals surface area (Å²) < 4.78 is 44.4. The fraction of sp³-hybridized carbons (Fsp3) is 0.371. The van der Waals surface area contributed by atoms with Crippen molar-refractivity contribution in [3.63, 3.8) is 0 Å². The third kappa shape index (κ3) is 6.54. The fourth-order valence-corrected chi connectivity index (χ4v) is 7.70. The lowest BCUT2D eigenvalue weighted by Crippen LogP contribution is -2.40. The third-order valence-corrected chi connectivity index (χ3v) is 10.4. The molecule has 9 nitrogen and oxygen atoms in total. The maximum Gasteiger partial charge on any atom is 0.274 e. The summed E-state index contributed by atoms with van der Waals surface area (Å²) in [5, 5.41) is 6.60. The summed E-state index contributed by atoms with van der Waals surface area (Å²) in [4.78, 5) is 14.3. The van der Waals surface area contributed by atoms with Gasteiger partial charge in [0, 0.05) is 24.6 Å². The number of nitrogens with zero attached hydrogens (tertiary/aromatic N) is 3. The van der Waals surface area contributed by atoms with E-state index in [4.69, 9.17) is 19.3 Å². The summed E-state index contributed by atoms with van der Waals surface area (Å²) in [7, 11) is -3.67. The maximum atomic E-state index is 14.2. The van der Waals surface area contributed by atoms with Crippen LogP contribution in [0.25, 0.3) is 6.08 Å². The van der Waals surface area contributed by atoms with E-state index in [0.717, 1.165) is 53.2 Å². The third-order valence-electron chi connectivity index (χ3n) is 8.48. The highest BCUT2D eigenvalue weighted by Crippen LogP contribution is 2.45. The highest BCUT2D eigenvalue weighted by atomic mass is 32.2. The molecule has 2 aliphatic heterocycles. The number of sulfonamides is 1. The first kappa shape index (κ1) is 31.0. The average molecular weight is 630 g/mol. The molecule has 0 aromatic heterocycles. The summed E-state index contributed by atoms with van der Waals surface area (Å²) >= 11 is 0. The number of amides is 1. The lowest BCUT2D eigenvalue weighted by Gasteiger charge is -2.30. The van der Waals surface area contributed by atoms with Crippen molar-refractivity contribution < 1.29 is 27.4 Å². The van der Waals surface area contributed by atoms with Crippen molar-refractivity contribution in [1.29, 1.82) is 0 Å². The van der Waals surface area contributed by atoms with Gasteiger partial charge in [-0.1, -0.05) is 24.3 Å². The van der Waals surface area contributed by atoms with E-state index in [1.807, 2.05) is 62.4 Å². The number of morpholine rings is 1. The first-order valence-corrected chi connectivity index (χ1v) is 17.1. The molecule has 0 radical (unpaired) electrons. The lowest BCUT2D eigenvalue weighted by atomic mass is 9.77. The summed E-state index contributed by atoms with van der Waals surface area (Å²) in [6.07, 6.45) is 4.91. The number of allylic oxidation sites excluding steroid dienone is 1. The quantitative estimate of drug-likeness (QED) is 0.291. The van der Waals surface area contributed by atoms with Gasteiger partial charge in [-0.2, -0.15) is 9.41 Å². The zero-order valence-electron chi connectivity index (χ0n) is 25.7. The van der Waals surface area contributed by atoms with Crippen LogP contribution in [0.15, 0.2) is 88.4 Å². The molecule has 1 amide bonds. The van der Waals surface area contributed by atoms with Crippen LogP contribution in [0.4, 0.5) is 0 Å². The van der Waals surface area contributed by atoms with E-state index >= 15 is 0 Å². The van der Waals surface area contributed by atoms with E-state index in [2.05, 4.69) is 6.08 Å². The largest absolute Gasteiger partial charge is 0.494 e. The van der Waals surface area contributed by atoms with Gasteiger partial charge >= 0.3 is 0 Å². The van der Waals surface area contributed by atoms with Gasteiger partial charge in [0.25, 0.3) is 5.91 Å². The van der Waals surface area contributed by atoms with Crippen LogP contribution in [0.2, 0.25) is 0 Å². The number of carbonyl (C=O) groups is 1. The van der Waals surface area contributed by atoms with Crippen molar-refractivity contribution in [2.45, 2.75) is 44.0 Å². The number of hydrogen-bond acceptors (Lipinski definition) is 7. The van der Waals surface area contributed by atoms with E-state index in [1.54, 1.807) is 17.1 Å². The molecule has 10 heteroatoms. The smallest absolute Gasteiger partial charge is 0.274 e. The number of carbonyl (C=O) groups excluding carboxylic acids is 1. The Morgan fingerprint density at radius 2 is 1.53 bits per heavy atom. The lowest BCUT2D eigenvalue weighted by molar-refractivity contribution is 0.0680. The van der Waals surface area contributed by atoms with E-state index in [9.17, 15) is 13.2 Å². The number of rotatable bonds is 9. The van der Waals surface area contributed by atoms with Gasteiger partial charge in [0.15, 0.2) is 0 Å². The van der Waals surface area contributed by atoms with Gasteiger partial charge in [-0.15, -0.1) is 0 Å². The van der Waals surface area contributed by atoms with Crippen LogP contribution in [-0.4, -0.2) is 68.9 Å². The molecule has 1 saturated carbocycles. The Labute approximate surface area is 265 Å². The summed E-state index contributed by atoms with van der Waals surface area (Å²) in [5.74, 6) is 1.35. The Morgan fingerprint density at radius 3 is 2.16 bits per heavy atom. The molecule has 0 N–H and O–H groups in total. The Bertz CT molecular complexity index is 1660. The van der Waals surface area contributed by atoms with Crippen molar-refractivity contribution in [3.05, 3.63) is 95.1 Å². The van der Waals surface area contributed by atoms with Crippen LogP contribution in [-0.2, 0) is 14.8 Å². The molecule has 1 saturated heterocycles. The van der Waals surface area contributed by atoms with Gasteiger partial charge in [0.1, 0.15) is 11.5 Å². The van der Waals surface area contributed by atoms with E-state index in [1.165, 1.54) is 16.4 Å². The molecule has 3 aromatic carbocycles. The molecular weight excluding hydrogens is 590 g/mol. The molecule has 2 atom stereocenters. The zero-order chi connectivity index (χ0) is 31.4. The fourth-order valence-electron chi connectivity index (χ4n) is 6.30. The SMILES string of the molecule is CCOc1ccc(/C=C2/CCCC3C2=NN(C(=O)c2ccc(S(=O)(=O)N4CCOCC4)cc2)C3c2ccc(OCC)cc2)cc1. The summed E-state index contributed by atoms with van der Waals surface area (Å²) in [5.41, 5.74) is 4.45. The molecule has 3 aliphatic rings. The number of fused-ring (bicyclic) bond motifs is 1. The second-order valence-electron chi connectivity index (χ2n) is 11.3. The molecule has 236 valence electrons. The molecule has 0 bridgehead atoms. The second-order valence-corrected chi connectivity index (χ2v) is 13.2. The number of hydrazone groups is 1. The predicted octanol–water partition coefficient (Wildman–Crippen LogP) is 5.94. The molecule has 1 aliphatic carbocycles. The Kier molecular flexibility index (Phi) is 9.34. The molecule has 2 unspecified atom stereocenters. The Hall–Kier alpha value is -3.99. The molecule has 2 heterocycles. The molecular formula is C35H39N3O6S. The van der Waals surface area contributed by atoms with Crippen LogP contribution >= 0.6 is 0 Å². The van der Waals surface area contributed by atoms with Crippen molar-refractivity contribution in [2.75, 3.05) is 39.5 Å². The summed E-state index contributed by atoms with van der Waals surface area (Å²) in [6, 6.07) is 21.8. The first-order chi connectivity index (χ1) is 21.9. The molecule has 2 fully saturated rings. The second kappa shape index (κ2) is 13.6. The Balaban J connectivity index is 1.33. The minimum atomic E-state index is -3.67.